The summed E-state index contributed by atoms with van der Waals surface area (Å²) in [6.45, 7) is 6.84. The molecule has 0 aliphatic heterocycles. The molecule has 1 aliphatic carbocycles. The molecule has 24 heavy (non-hydrogen) atoms. The van der Waals surface area contributed by atoms with Gasteiger partial charge in [0.2, 0.25) is 17.7 Å². The summed E-state index contributed by atoms with van der Waals surface area (Å²) in [4.78, 5) is 38.1. The number of aryl methyl sites for hydroxylation is 2. The number of amides is 3. The predicted octanol–water partition coefficient (Wildman–Crippen LogP) is 3.20. The highest BCUT2D eigenvalue weighted by Crippen LogP contribution is 2.39. The molecular formula is C19H26N2O3. The fourth-order valence-corrected chi connectivity index (χ4v) is 3.23. The van der Waals surface area contributed by atoms with Crippen LogP contribution in [0.1, 0.15) is 50.7 Å². The van der Waals surface area contributed by atoms with Crippen LogP contribution in [0.25, 0.3) is 0 Å². The summed E-state index contributed by atoms with van der Waals surface area (Å²) in [7, 11) is 0. The first-order chi connectivity index (χ1) is 11.2. The van der Waals surface area contributed by atoms with Gasteiger partial charge >= 0.3 is 0 Å². The summed E-state index contributed by atoms with van der Waals surface area (Å²) in [6.07, 6.45) is 3.52. The van der Waals surface area contributed by atoms with Gasteiger partial charge in [-0.1, -0.05) is 31.9 Å². The van der Waals surface area contributed by atoms with Gasteiger partial charge in [0.05, 0.1) is 0 Å². The molecule has 1 N–H and O–H groups in total. The normalized spacial score (nSPS) is 15.8. The van der Waals surface area contributed by atoms with Crippen LogP contribution in [0.2, 0.25) is 0 Å². The van der Waals surface area contributed by atoms with Gasteiger partial charge in [0, 0.05) is 18.0 Å². The number of rotatable bonds is 4. The lowest BCUT2D eigenvalue weighted by atomic mass is 9.87. The molecule has 5 heteroatoms. The van der Waals surface area contributed by atoms with Crippen molar-refractivity contribution >= 4 is 23.4 Å². The highest BCUT2D eigenvalue weighted by molar-refractivity contribution is 6.03. The van der Waals surface area contributed by atoms with Crippen molar-refractivity contribution in [1.82, 2.24) is 4.90 Å². The van der Waals surface area contributed by atoms with Gasteiger partial charge in [-0.15, -0.1) is 0 Å². The molecule has 1 aromatic rings. The van der Waals surface area contributed by atoms with Crippen LogP contribution in [-0.4, -0.2) is 29.2 Å². The van der Waals surface area contributed by atoms with Crippen LogP contribution in [0.15, 0.2) is 18.2 Å². The van der Waals surface area contributed by atoms with Crippen molar-refractivity contribution in [3.05, 3.63) is 29.3 Å². The predicted molar refractivity (Wildman–Crippen MR) is 93.5 cm³/mol. The minimum absolute atomic E-state index is 0.233. The van der Waals surface area contributed by atoms with Crippen LogP contribution in [-0.2, 0) is 14.4 Å². The molecule has 0 aromatic heterocycles. The van der Waals surface area contributed by atoms with Gasteiger partial charge in [0.1, 0.15) is 6.54 Å². The Kier molecular flexibility index (Phi) is 5.42. The first kappa shape index (κ1) is 18.2. The number of nitrogens with zero attached hydrogens (tertiary/aromatic N) is 1. The summed E-state index contributed by atoms with van der Waals surface area (Å²) in [5, 5.41) is 2.81. The van der Waals surface area contributed by atoms with Gasteiger partial charge in [0.15, 0.2) is 0 Å². The zero-order valence-electron chi connectivity index (χ0n) is 14.9. The van der Waals surface area contributed by atoms with Gasteiger partial charge in [-0.2, -0.15) is 0 Å². The van der Waals surface area contributed by atoms with Crippen molar-refractivity contribution in [2.24, 2.45) is 5.41 Å². The van der Waals surface area contributed by atoms with Crippen molar-refractivity contribution < 1.29 is 14.4 Å². The molecule has 0 unspecified atom stereocenters. The summed E-state index contributed by atoms with van der Waals surface area (Å²) in [6, 6.07) is 5.78. The molecule has 0 atom stereocenters. The van der Waals surface area contributed by atoms with Gasteiger partial charge in [-0.25, -0.2) is 0 Å². The van der Waals surface area contributed by atoms with E-state index in [1.807, 2.05) is 39.0 Å². The molecule has 0 radical (unpaired) electrons. The second kappa shape index (κ2) is 7.16. The molecule has 3 amide bonds. The quantitative estimate of drug-likeness (QED) is 0.922. The van der Waals surface area contributed by atoms with E-state index in [2.05, 4.69) is 5.32 Å². The highest BCUT2D eigenvalue weighted by Gasteiger charge is 2.40. The molecule has 0 heterocycles. The van der Waals surface area contributed by atoms with Crippen LogP contribution in [0.5, 0.6) is 0 Å². The first-order valence-corrected chi connectivity index (χ1v) is 8.42. The number of nitrogens with one attached hydrogen (secondary N) is 1. The van der Waals surface area contributed by atoms with E-state index in [1.54, 1.807) is 0 Å². The lowest BCUT2D eigenvalue weighted by Gasteiger charge is -2.29. The number of anilines is 1. The third kappa shape index (κ3) is 4.02. The summed E-state index contributed by atoms with van der Waals surface area (Å²) in [5.41, 5.74) is 2.17. The second-order valence-corrected chi connectivity index (χ2v) is 7.04. The topological polar surface area (TPSA) is 66.5 Å². The summed E-state index contributed by atoms with van der Waals surface area (Å²) in [5.74, 6) is -0.971. The minimum Gasteiger partial charge on any atom is -0.324 e. The standard InChI is InChI=1S/C19H26N2O3/c1-13-7-8-14(2)16(11-13)20-17(23)12-21(15(3)22)18(24)19(4)9-5-6-10-19/h7-8,11H,5-6,9-10,12H2,1-4H3,(H,20,23). The Labute approximate surface area is 143 Å². The fourth-order valence-electron chi connectivity index (χ4n) is 3.23. The zero-order valence-corrected chi connectivity index (χ0v) is 14.9. The monoisotopic (exact) mass is 330 g/mol. The van der Waals surface area contributed by atoms with Crippen molar-refractivity contribution in [1.29, 1.82) is 0 Å². The number of carbonyl (C=O) groups is 3. The molecule has 1 saturated carbocycles. The number of hydrogen-bond acceptors (Lipinski definition) is 3. The molecule has 1 aromatic carbocycles. The Hall–Kier alpha value is -2.17. The van der Waals surface area contributed by atoms with Crippen LogP contribution in [0.3, 0.4) is 0 Å². The highest BCUT2D eigenvalue weighted by atomic mass is 16.2. The number of hydrogen-bond donors (Lipinski definition) is 1. The average molecular weight is 330 g/mol. The third-order valence-electron chi connectivity index (χ3n) is 4.82. The van der Waals surface area contributed by atoms with Crippen LogP contribution >= 0.6 is 0 Å². The molecule has 1 fully saturated rings. The maximum Gasteiger partial charge on any atom is 0.244 e. The van der Waals surface area contributed by atoms with E-state index in [1.165, 1.54) is 6.92 Å². The van der Waals surface area contributed by atoms with E-state index in [9.17, 15) is 14.4 Å². The summed E-state index contributed by atoms with van der Waals surface area (Å²) < 4.78 is 0. The van der Waals surface area contributed by atoms with Crippen molar-refractivity contribution in [2.75, 3.05) is 11.9 Å². The Morgan fingerprint density at radius 2 is 1.79 bits per heavy atom. The Balaban J connectivity index is 2.10. The molecule has 0 spiro atoms. The SMILES string of the molecule is CC(=O)N(CC(=O)Nc1cc(C)ccc1C)C(=O)C1(C)CCCC1. The molecular weight excluding hydrogens is 304 g/mol. The number of carbonyl (C=O) groups excluding carboxylic acids is 3. The van der Waals surface area contributed by atoms with Gasteiger partial charge < -0.3 is 5.32 Å². The molecule has 130 valence electrons. The maximum absolute atomic E-state index is 12.7. The van der Waals surface area contributed by atoms with Crippen molar-refractivity contribution in [3.63, 3.8) is 0 Å². The van der Waals surface area contributed by atoms with Gasteiger partial charge in [-0.05, 0) is 43.9 Å². The third-order valence-corrected chi connectivity index (χ3v) is 4.82. The van der Waals surface area contributed by atoms with Crippen molar-refractivity contribution in [3.8, 4) is 0 Å². The van der Waals surface area contributed by atoms with Crippen molar-refractivity contribution in [2.45, 2.75) is 53.4 Å². The van der Waals surface area contributed by atoms with E-state index in [0.29, 0.717) is 5.69 Å². The van der Waals surface area contributed by atoms with E-state index < -0.39 is 5.41 Å². The number of imide groups is 1. The fraction of sp³-hybridized carbons (Fsp3) is 0.526. The number of benzene rings is 1. The molecule has 5 nitrogen and oxygen atoms in total. The minimum atomic E-state index is -0.523. The molecule has 0 saturated heterocycles. The lowest BCUT2D eigenvalue weighted by molar-refractivity contribution is -0.152. The van der Waals surface area contributed by atoms with Crippen LogP contribution in [0, 0.1) is 19.3 Å². The molecule has 0 bridgehead atoms. The first-order valence-electron chi connectivity index (χ1n) is 8.42. The maximum atomic E-state index is 12.7. The second-order valence-electron chi connectivity index (χ2n) is 7.04. The largest absolute Gasteiger partial charge is 0.324 e. The van der Waals surface area contributed by atoms with E-state index in [0.717, 1.165) is 41.7 Å². The Bertz CT molecular complexity index is 661. The van der Waals surface area contributed by atoms with Crippen LogP contribution in [0.4, 0.5) is 5.69 Å². The zero-order chi connectivity index (χ0) is 17.9. The van der Waals surface area contributed by atoms with E-state index in [4.69, 9.17) is 0 Å². The summed E-state index contributed by atoms with van der Waals surface area (Å²) >= 11 is 0. The molecule has 2 rings (SSSR count). The van der Waals surface area contributed by atoms with Crippen LogP contribution < -0.4 is 5.32 Å². The van der Waals surface area contributed by atoms with Gasteiger partial charge in [-0.3, -0.25) is 19.3 Å². The molecule has 1 aliphatic rings. The van der Waals surface area contributed by atoms with Gasteiger partial charge in [0.25, 0.3) is 0 Å². The smallest absolute Gasteiger partial charge is 0.244 e. The Morgan fingerprint density at radius 1 is 1.17 bits per heavy atom. The van der Waals surface area contributed by atoms with E-state index >= 15 is 0 Å². The van der Waals surface area contributed by atoms with E-state index in [-0.39, 0.29) is 24.3 Å². The Morgan fingerprint density at radius 3 is 2.38 bits per heavy atom. The average Bonchev–Trinajstić information content (AvgIpc) is 2.95. The lowest BCUT2D eigenvalue weighted by Crippen LogP contribution is -2.47.